The normalized spacial score (nSPS) is 15.2. The fraction of sp³-hybridized carbons (Fsp3) is 0.520. The molecule has 1 aliphatic heterocycles. The van der Waals surface area contributed by atoms with Crippen molar-refractivity contribution in [3.8, 4) is 0 Å². The summed E-state index contributed by atoms with van der Waals surface area (Å²) in [4.78, 5) is 1.92. The number of rotatable bonds is 13. The Hall–Kier alpha value is -1.05. The van der Waals surface area contributed by atoms with Crippen LogP contribution in [0.5, 0.6) is 0 Å². The second-order valence-corrected chi connectivity index (χ2v) is 9.85. The standard InChI is InChI=1S/C25H36N2O3S.Na/c1-2-3-4-5-6-7-8-9-13-19-24-26-22-17-14-18-23(31(28,29)30)25(22)27(24)20-21-15-11-10-12-16-21;/h10-12,14-18,24,26H,2-9,13,19-20H2,1H3,(H,28,29,30);/q;+1/p-1. The summed E-state index contributed by atoms with van der Waals surface area (Å²) in [7, 11) is -4.55. The van der Waals surface area contributed by atoms with Gasteiger partial charge in [0.2, 0.25) is 0 Å². The van der Waals surface area contributed by atoms with E-state index in [0.29, 0.717) is 12.2 Å². The maximum atomic E-state index is 11.9. The molecule has 3 rings (SSSR count). The minimum absolute atomic E-state index is 0. The Morgan fingerprint density at radius 1 is 0.875 bits per heavy atom. The van der Waals surface area contributed by atoms with Crippen LogP contribution in [-0.4, -0.2) is 19.1 Å². The Bertz CT molecular complexity index is 922. The fourth-order valence-corrected chi connectivity index (χ4v) is 5.11. The second-order valence-electron chi connectivity index (χ2n) is 8.50. The molecule has 1 atom stereocenters. The third-order valence-electron chi connectivity index (χ3n) is 6.03. The van der Waals surface area contributed by atoms with Crippen LogP contribution < -0.4 is 39.8 Å². The first kappa shape index (κ1) is 27.2. The van der Waals surface area contributed by atoms with Gasteiger partial charge in [-0.1, -0.05) is 94.7 Å². The van der Waals surface area contributed by atoms with E-state index in [1.807, 2.05) is 36.4 Å². The molecule has 0 fully saturated rings. The molecule has 1 aliphatic rings. The summed E-state index contributed by atoms with van der Waals surface area (Å²) in [6, 6.07) is 14.9. The summed E-state index contributed by atoms with van der Waals surface area (Å²) in [5.74, 6) is 0. The summed E-state index contributed by atoms with van der Waals surface area (Å²) in [5.41, 5.74) is 2.34. The van der Waals surface area contributed by atoms with Gasteiger partial charge in [0, 0.05) is 6.54 Å². The van der Waals surface area contributed by atoms with Crippen LogP contribution in [0.25, 0.3) is 0 Å². The van der Waals surface area contributed by atoms with Crippen molar-refractivity contribution < 1.29 is 42.5 Å². The van der Waals surface area contributed by atoms with E-state index in [1.165, 1.54) is 57.4 Å². The summed E-state index contributed by atoms with van der Waals surface area (Å²) >= 11 is 0. The number of nitrogens with zero attached hydrogens (tertiary/aromatic N) is 1. The third kappa shape index (κ3) is 7.77. The van der Waals surface area contributed by atoms with Crippen LogP contribution in [0.1, 0.15) is 76.7 Å². The third-order valence-corrected chi connectivity index (χ3v) is 6.90. The van der Waals surface area contributed by atoms with Crippen molar-refractivity contribution in [2.45, 2.75) is 88.7 Å². The molecular weight excluding hydrogens is 431 g/mol. The van der Waals surface area contributed by atoms with E-state index in [9.17, 15) is 13.0 Å². The number of unbranched alkanes of at least 4 members (excludes halogenated alkanes) is 8. The molecule has 0 spiro atoms. The van der Waals surface area contributed by atoms with E-state index >= 15 is 0 Å². The Kier molecular flexibility index (Phi) is 11.6. The number of hydrogen-bond acceptors (Lipinski definition) is 5. The Morgan fingerprint density at radius 2 is 1.50 bits per heavy atom. The van der Waals surface area contributed by atoms with Crippen LogP contribution in [0.15, 0.2) is 53.4 Å². The minimum Gasteiger partial charge on any atom is -0.744 e. The Balaban J connectivity index is 0.00000363. The molecule has 0 radical (unpaired) electrons. The molecule has 0 saturated heterocycles. The van der Waals surface area contributed by atoms with Gasteiger partial charge in [0.25, 0.3) is 0 Å². The first-order chi connectivity index (χ1) is 15.0. The number of nitrogens with one attached hydrogen (secondary N) is 1. The number of anilines is 2. The predicted molar refractivity (Wildman–Crippen MR) is 126 cm³/mol. The zero-order valence-corrected chi connectivity index (χ0v) is 22.4. The van der Waals surface area contributed by atoms with E-state index in [-0.39, 0.29) is 40.6 Å². The summed E-state index contributed by atoms with van der Waals surface area (Å²) in [5, 5.41) is 3.47. The van der Waals surface area contributed by atoms with Gasteiger partial charge in [-0.3, -0.25) is 0 Å². The molecule has 1 unspecified atom stereocenters. The van der Waals surface area contributed by atoms with Crippen molar-refractivity contribution >= 4 is 21.5 Å². The van der Waals surface area contributed by atoms with Crippen LogP contribution >= 0.6 is 0 Å². The topological polar surface area (TPSA) is 72.5 Å². The molecule has 0 bridgehead atoms. The predicted octanol–water partition coefficient (Wildman–Crippen LogP) is 3.27. The fourth-order valence-electron chi connectivity index (χ4n) is 4.40. The van der Waals surface area contributed by atoms with Gasteiger partial charge in [0.05, 0.1) is 22.4 Å². The van der Waals surface area contributed by atoms with Gasteiger partial charge in [0.15, 0.2) is 0 Å². The molecule has 0 aliphatic carbocycles. The van der Waals surface area contributed by atoms with Crippen molar-refractivity contribution in [1.29, 1.82) is 0 Å². The van der Waals surface area contributed by atoms with E-state index in [4.69, 9.17) is 0 Å². The van der Waals surface area contributed by atoms with Crippen molar-refractivity contribution in [2.75, 3.05) is 10.2 Å². The van der Waals surface area contributed by atoms with Gasteiger partial charge < -0.3 is 14.8 Å². The number of para-hydroxylation sites is 1. The van der Waals surface area contributed by atoms with Crippen molar-refractivity contribution in [3.05, 3.63) is 54.1 Å². The van der Waals surface area contributed by atoms with Crippen LogP contribution in [-0.2, 0) is 16.7 Å². The SMILES string of the molecule is CCCCCCCCCCCC1Nc2cccc(S(=O)(=O)[O-])c2N1Cc1ccccc1.[Na+]. The van der Waals surface area contributed by atoms with Crippen LogP contribution in [0.4, 0.5) is 11.4 Å². The zero-order chi connectivity index (χ0) is 22.1. The van der Waals surface area contributed by atoms with Gasteiger partial charge in [-0.25, -0.2) is 8.42 Å². The van der Waals surface area contributed by atoms with E-state index in [1.54, 1.807) is 6.07 Å². The first-order valence-corrected chi connectivity index (χ1v) is 13.1. The quantitative estimate of drug-likeness (QED) is 0.279. The smallest absolute Gasteiger partial charge is 0.744 e. The summed E-state index contributed by atoms with van der Waals surface area (Å²) in [6.07, 6.45) is 12.3. The molecular formula is C25H35N2NaO3S. The van der Waals surface area contributed by atoms with Crippen LogP contribution in [0, 0.1) is 0 Å². The van der Waals surface area contributed by atoms with Crippen LogP contribution in [0.3, 0.4) is 0 Å². The van der Waals surface area contributed by atoms with Crippen molar-refractivity contribution in [3.63, 3.8) is 0 Å². The van der Waals surface area contributed by atoms with Gasteiger partial charge in [-0.15, -0.1) is 0 Å². The molecule has 1 heterocycles. The summed E-state index contributed by atoms with van der Waals surface area (Å²) in [6.45, 7) is 2.81. The first-order valence-electron chi connectivity index (χ1n) is 11.7. The molecule has 170 valence electrons. The largest absolute Gasteiger partial charge is 1.00 e. The molecule has 0 amide bonds. The average Bonchev–Trinajstić information content (AvgIpc) is 3.10. The van der Waals surface area contributed by atoms with Gasteiger partial charge >= 0.3 is 29.6 Å². The van der Waals surface area contributed by atoms with E-state index in [2.05, 4.69) is 17.1 Å². The zero-order valence-electron chi connectivity index (χ0n) is 19.6. The molecule has 1 N–H and O–H groups in total. The molecule has 32 heavy (non-hydrogen) atoms. The maximum absolute atomic E-state index is 11.9. The van der Waals surface area contributed by atoms with E-state index < -0.39 is 10.1 Å². The molecule has 2 aromatic carbocycles. The molecule has 0 aromatic heterocycles. The number of fused-ring (bicyclic) bond motifs is 1. The Morgan fingerprint density at radius 3 is 2.12 bits per heavy atom. The van der Waals surface area contributed by atoms with Gasteiger partial charge in [0.1, 0.15) is 10.1 Å². The molecule has 7 heteroatoms. The van der Waals surface area contributed by atoms with Gasteiger partial charge in [-0.05, 0) is 30.5 Å². The second kappa shape index (κ2) is 13.6. The number of benzene rings is 2. The van der Waals surface area contributed by atoms with Crippen molar-refractivity contribution in [1.82, 2.24) is 0 Å². The summed E-state index contributed by atoms with van der Waals surface area (Å²) < 4.78 is 35.7. The van der Waals surface area contributed by atoms with Crippen molar-refractivity contribution in [2.24, 2.45) is 0 Å². The Labute approximate surface area is 216 Å². The maximum Gasteiger partial charge on any atom is 1.00 e. The molecule has 2 aromatic rings. The van der Waals surface area contributed by atoms with E-state index in [0.717, 1.165) is 24.1 Å². The minimum atomic E-state index is -4.55. The number of hydrogen-bond donors (Lipinski definition) is 1. The van der Waals surface area contributed by atoms with Crippen LogP contribution in [0.2, 0.25) is 0 Å². The molecule has 5 nitrogen and oxygen atoms in total. The monoisotopic (exact) mass is 466 g/mol. The molecule has 0 saturated carbocycles. The van der Waals surface area contributed by atoms with Gasteiger partial charge in [-0.2, -0.15) is 0 Å². The average molecular weight is 467 g/mol.